The molecule has 0 unspecified atom stereocenters. The van der Waals surface area contributed by atoms with Crippen molar-refractivity contribution in [3.05, 3.63) is 36.2 Å². The van der Waals surface area contributed by atoms with Crippen LogP contribution in [0, 0.1) is 6.08 Å². The maximum atomic E-state index is 13.4. The van der Waals surface area contributed by atoms with Crippen LogP contribution < -0.4 is 0 Å². The van der Waals surface area contributed by atoms with Gasteiger partial charge in [-0.2, -0.15) is 0 Å². The fraction of sp³-hybridized carbons (Fsp3) is 0.364. The first-order chi connectivity index (χ1) is 7.41. The summed E-state index contributed by atoms with van der Waals surface area (Å²) in [5.41, 5.74) is -0.526. The minimum Gasteiger partial charge on any atom is -0.351 e. The van der Waals surface area contributed by atoms with Gasteiger partial charge in [-0.05, 0) is 12.5 Å². The van der Waals surface area contributed by atoms with Gasteiger partial charge in [-0.25, -0.2) is 17.6 Å². The number of hydrogen-bond donors (Lipinski definition) is 0. The van der Waals surface area contributed by atoms with Crippen LogP contribution in [0.5, 0.6) is 0 Å². The van der Waals surface area contributed by atoms with Gasteiger partial charge in [0.1, 0.15) is 0 Å². The maximum absolute atomic E-state index is 13.4. The number of aromatic nitrogens is 1. The Morgan fingerprint density at radius 1 is 1.18 bits per heavy atom. The molecule has 17 heavy (non-hydrogen) atoms. The first-order valence-electron chi connectivity index (χ1n) is 4.69. The average molecular weight is 422 g/mol. The van der Waals surface area contributed by atoms with Gasteiger partial charge in [0.25, 0.3) is 0 Å². The predicted molar refractivity (Wildman–Crippen MR) is 50.0 cm³/mol. The van der Waals surface area contributed by atoms with Gasteiger partial charge in [-0.1, -0.05) is 11.8 Å². The number of halogens is 4. The van der Waals surface area contributed by atoms with Crippen molar-refractivity contribution in [1.29, 1.82) is 0 Å². The molecule has 0 saturated heterocycles. The Balaban J connectivity index is 0.00000144. The minimum atomic E-state index is -3.57. The molecule has 0 saturated carbocycles. The first-order valence-corrected chi connectivity index (χ1v) is 4.69. The zero-order valence-corrected chi connectivity index (χ0v) is 10.9. The van der Waals surface area contributed by atoms with E-state index >= 15 is 0 Å². The van der Waals surface area contributed by atoms with E-state index < -0.39 is 30.3 Å². The molecule has 0 aliphatic heterocycles. The largest absolute Gasteiger partial charge is 0.351 e. The van der Waals surface area contributed by atoms with Crippen molar-refractivity contribution in [3.8, 4) is 0 Å². The molecule has 1 aliphatic carbocycles. The number of hydrogen-bond acceptors (Lipinski definition) is 1. The second-order valence-electron chi connectivity index (χ2n) is 3.68. The van der Waals surface area contributed by atoms with E-state index in [-0.39, 0.29) is 25.8 Å². The van der Waals surface area contributed by atoms with Crippen LogP contribution in [0.3, 0.4) is 0 Å². The van der Waals surface area contributed by atoms with Gasteiger partial charge in [-0.15, -0.1) is 11.6 Å². The molecule has 2 rings (SSSR count). The summed E-state index contributed by atoms with van der Waals surface area (Å²) in [7, 11) is 0. The fourth-order valence-corrected chi connectivity index (χ4v) is 1.61. The monoisotopic (exact) mass is 423 g/mol. The van der Waals surface area contributed by atoms with E-state index in [1.165, 1.54) is 18.3 Å². The molecule has 0 bridgehead atoms. The number of alkyl halides is 4. The van der Waals surface area contributed by atoms with Gasteiger partial charge in [0.15, 0.2) is 0 Å². The number of allylic oxidation sites excluding steroid dienone is 2. The molecule has 0 spiro atoms. The summed E-state index contributed by atoms with van der Waals surface area (Å²) in [6.45, 7) is 0. The third-order valence-corrected chi connectivity index (χ3v) is 2.29. The molecule has 1 aromatic rings. The van der Waals surface area contributed by atoms with Crippen molar-refractivity contribution in [3.63, 3.8) is 0 Å². The van der Waals surface area contributed by atoms with Crippen LogP contribution in [0.25, 0.3) is 5.57 Å². The Hall–Kier alpha value is -0.741. The molecule has 0 fully saturated rings. The van der Waals surface area contributed by atoms with Crippen LogP contribution in [0.4, 0.5) is 17.6 Å². The van der Waals surface area contributed by atoms with Gasteiger partial charge < -0.3 is 4.98 Å². The summed E-state index contributed by atoms with van der Waals surface area (Å²) >= 11 is 0. The number of nitrogens with zero attached hydrogens (tertiary/aromatic N) is 1. The van der Waals surface area contributed by atoms with Gasteiger partial charge in [-0.3, -0.25) is 6.08 Å². The Bertz CT molecular complexity index is 417. The molecule has 1 nitrogen and oxygen atoms in total. The molecule has 0 amide bonds. The summed E-state index contributed by atoms with van der Waals surface area (Å²) in [5, 5.41) is 0. The molecule has 0 N–H and O–H groups in total. The van der Waals surface area contributed by atoms with Crippen LogP contribution >= 0.6 is 0 Å². The Kier molecular flexibility index (Phi) is 4.10. The fourth-order valence-electron chi connectivity index (χ4n) is 1.61. The normalized spacial score (nSPS) is 21.3. The topological polar surface area (TPSA) is 12.9 Å². The molecule has 95 valence electrons. The zero-order valence-electron chi connectivity index (χ0n) is 8.52. The molecule has 1 radical (unpaired) electrons. The van der Waals surface area contributed by atoms with Gasteiger partial charge in [0, 0.05) is 26.3 Å². The standard InChI is InChI=1S/C11H8F4N.Ir/c12-10(13)5-4-8(11(14,15)7-10)9-3-1-2-6-16-9;/h1-3,6H,5,7H2;/q-1;. The molecular formula is C11H8F4IrN-. The third kappa shape index (κ3) is 3.13. The van der Waals surface area contributed by atoms with E-state index in [9.17, 15) is 17.6 Å². The van der Waals surface area contributed by atoms with Crippen molar-refractivity contribution in [1.82, 2.24) is 4.98 Å². The van der Waals surface area contributed by atoms with Crippen LogP contribution in [-0.4, -0.2) is 16.8 Å². The van der Waals surface area contributed by atoms with Crippen molar-refractivity contribution >= 4 is 5.57 Å². The molecule has 1 aliphatic rings. The van der Waals surface area contributed by atoms with Crippen LogP contribution in [0.1, 0.15) is 18.5 Å². The van der Waals surface area contributed by atoms with Crippen LogP contribution in [0.2, 0.25) is 0 Å². The van der Waals surface area contributed by atoms with Gasteiger partial charge in [0.2, 0.25) is 11.8 Å². The minimum absolute atomic E-state index is 0. The second kappa shape index (κ2) is 4.86. The van der Waals surface area contributed by atoms with Crippen LogP contribution in [0.15, 0.2) is 24.4 Å². The number of pyridine rings is 1. The van der Waals surface area contributed by atoms with E-state index in [1.54, 1.807) is 6.07 Å². The third-order valence-electron chi connectivity index (χ3n) is 2.29. The maximum Gasteiger partial charge on any atom is 0.248 e. The zero-order chi connectivity index (χ0) is 11.8. The Morgan fingerprint density at radius 3 is 2.41 bits per heavy atom. The second-order valence-corrected chi connectivity index (χ2v) is 3.68. The first kappa shape index (κ1) is 14.3. The van der Waals surface area contributed by atoms with E-state index in [2.05, 4.69) is 11.1 Å². The molecule has 1 aromatic heterocycles. The average Bonchev–Trinajstić information content (AvgIpc) is 2.16. The van der Waals surface area contributed by atoms with Crippen LogP contribution in [-0.2, 0) is 20.1 Å². The summed E-state index contributed by atoms with van der Waals surface area (Å²) < 4.78 is 52.5. The van der Waals surface area contributed by atoms with Crippen molar-refractivity contribution in [2.75, 3.05) is 0 Å². The van der Waals surface area contributed by atoms with E-state index in [0.717, 1.165) is 0 Å². The predicted octanol–water partition coefficient (Wildman–Crippen LogP) is 3.33. The molecule has 0 aromatic carbocycles. The molecule has 1 heterocycles. The Morgan fingerprint density at radius 2 is 1.88 bits per heavy atom. The molecule has 0 atom stereocenters. The summed E-state index contributed by atoms with van der Waals surface area (Å²) in [4.78, 5) is 3.72. The van der Waals surface area contributed by atoms with E-state index in [1.807, 2.05) is 0 Å². The van der Waals surface area contributed by atoms with E-state index in [0.29, 0.717) is 0 Å². The van der Waals surface area contributed by atoms with Gasteiger partial charge >= 0.3 is 0 Å². The van der Waals surface area contributed by atoms with Crippen molar-refractivity contribution in [2.24, 2.45) is 0 Å². The summed E-state index contributed by atoms with van der Waals surface area (Å²) in [6, 6.07) is 4.46. The SMILES string of the molecule is FC1(F)C[C-]=C(c2ccccn2)C(F)(F)C1.[Ir]. The molecular weight excluding hydrogens is 414 g/mol. The summed E-state index contributed by atoms with van der Waals surface area (Å²) in [5.74, 6) is -6.96. The molecule has 6 heteroatoms. The number of rotatable bonds is 1. The summed E-state index contributed by atoms with van der Waals surface area (Å²) in [6.07, 6.45) is 1.15. The van der Waals surface area contributed by atoms with E-state index in [4.69, 9.17) is 0 Å². The Labute approximate surface area is 109 Å². The quantitative estimate of drug-likeness (QED) is 0.500. The smallest absolute Gasteiger partial charge is 0.248 e. The van der Waals surface area contributed by atoms with Crippen molar-refractivity contribution < 1.29 is 37.7 Å². The van der Waals surface area contributed by atoms with Gasteiger partial charge in [0.05, 0.1) is 6.42 Å². The van der Waals surface area contributed by atoms with Crippen molar-refractivity contribution in [2.45, 2.75) is 24.7 Å².